The molecule has 2 aliphatic rings. The molecular weight excluding hydrogens is 447 g/mol. The number of benzene rings is 2. The lowest BCUT2D eigenvalue weighted by molar-refractivity contribution is 0.0932. The molecule has 0 fully saturated rings. The number of allylic oxidation sites excluding steroid dienone is 1. The summed E-state index contributed by atoms with van der Waals surface area (Å²) < 4.78 is 5.77. The molecule has 5 rings (SSSR count). The zero-order valence-electron chi connectivity index (χ0n) is 17.5. The van der Waals surface area contributed by atoms with Gasteiger partial charge in [-0.3, -0.25) is 9.69 Å². The molecule has 8 heteroatoms. The summed E-state index contributed by atoms with van der Waals surface area (Å²) in [5.74, 6) is 0.658. The number of para-hydroxylation sites is 1. The van der Waals surface area contributed by atoms with Crippen molar-refractivity contribution in [2.24, 2.45) is 0 Å². The van der Waals surface area contributed by atoms with E-state index in [2.05, 4.69) is 53.4 Å². The Morgan fingerprint density at radius 2 is 1.97 bits per heavy atom. The summed E-state index contributed by atoms with van der Waals surface area (Å²) in [4.78, 5) is 23.2. The van der Waals surface area contributed by atoms with Crippen LogP contribution in [0.3, 0.4) is 0 Å². The fourth-order valence-corrected chi connectivity index (χ4v) is 4.65. The zero-order chi connectivity index (χ0) is 22.4. The van der Waals surface area contributed by atoms with E-state index in [1.807, 2.05) is 0 Å². The maximum atomic E-state index is 13.1. The Labute approximate surface area is 195 Å². The van der Waals surface area contributed by atoms with Gasteiger partial charge in [-0.2, -0.15) is 4.98 Å². The summed E-state index contributed by atoms with van der Waals surface area (Å²) in [5, 5.41) is 3.98. The summed E-state index contributed by atoms with van der Waals surface area (Å²) in [7, 11) is 0. The van der Waals surface area contributed by atoms with E-state index in [-0.39, 0.29) is 24.1 Å². The standard InChI is InChI=1S/C24H20Cl2N4O2/c1-13(2)17-10-15(9-14-5-3-6-16(14)17)28-24-27-11-18-22(29-24)32-12-30(23(18)31)21-19(25)7-4-8-20(21)26/h3-5,7-11,13H,6,12H2,1-2H3,(H,27,28,29). The van der Waals surface area contributed by atoms with Crippen LogP contribution in [0, 0.1) is 0 Å². The summed E-state index contributed by atoms with van der Waals surface area (Å²) in [6.07, 6.45) is 6.73. The van der Waals surface area contributed by atoms with Crippen LogP contribution in [-0.2, 0) is 6.42 Å². The SMILES string of the molecule is CC(C)c1cc(Nc2ncc3c(n2)OCN(c2c(Cl)cccc2Cl)C3=O)cc2c1CC=C2. The molecule has 2 aromatic carbocycles. The third kappa shape index (κ3) is 3.59. The number of halogens is 2. The Balaban J connectivity index is 1.43. The maximum Gasteiger partial charge on any atom is 0.268 e. The van der Waals surface area contributed by atoms with Crippen LogP contribution in [0.4, 0.5) is 17.3 Å². The lowest BCUT2D eigenvalue weighted by atomic mass is 9.93. The summed E-state index contributed by atoms with van der Waals surface area (Å²) in [6.45, 7) is 4.32. The third-order valence-electron chi connectivity index (χ3n) is 5.58. The van der Waals surface area contributed by atoms with E-state index in [0.29, 0.717) is 27.6 Å². The van der Waals surface area contributed by atoms with Crippen LogP contribution in [0.2, 0.25) is 10.0 Å². The molecule has 32 heavy (non-hydrogen) atoms. The summed E-state index contributed by atoms with van der Waals surface area (Å²) >= 11 is 12.5. The van der Waals surface area contributed by atoms with Crippen molar-refractivity contribution >= 4 is 52.5 Å². The lowest BCUT2D eigenvalue weighted by Gasteiger charge is -2.29. The molecule has 162 valence electrons. The number of hydrogen-bond donors (Lipinski definition) is 1. The Morgan fingerprint density at radius 1 is 1.19 bits per heavy atom. The molecule has 1 N–H and O–H groups in total. The van der Waals surface area contributed by atoms with E-state index in [9.17, 15) is 4.79 Å². The highest BCUT2D eigenvalue weighted by molar-refractivity contribution is 6.40. The Hall–Kier alpha value is -3.09. The predicted molar refractivity (Wildman–Crippen MR) is 127 cm³/mol. The van der Waals surface area contributed by atoms with Crippen molar-refractivity contribution in [3.05, 3.63) is 74.9 Å². The molecule has 0 spiro atoms. The van der Waals surface area contributed by atoms with Gasteiger partial charge in [-0.15, -0.1) is 0 Å². The Kier molecular flexibility index (Phi) is 5.27. The fraction of sp³-hybridized carbons (Fsp3) is 0.208. The van der Waals surface area contributed by atoms with Crippen molar-refractivity contribution in [3.8, 4) is 5.88 Å². The summed E-state index contributed by atoms with van der Waals surface area (Å²) in [5.41, 5.74) is 5.41. The molecule has 0 bridgehead atoms. The number of ether oxygens (including phenoxy) is 1. The molecule has 6 nitrogen and oxygen atoms in total. The second-order valence-electron chi connectivity index (χ2n) is 8.01. The van der Waals surface area contributed by atoms with Gasteiger partial charge in [0.1, 0.15) is 5.56 Å². The number of carbonyl (C=O) groups excluding carboxylic acids is 1. The van der Waals surface area contributed by atoms with Gasteiger partial charge in [-0.25, -0.2) is 4.98 Å². The topological polar surface area (TPSA) is 67.4 Å². The van der Waals surface area contributed by atoms with Gasteiger partial charge in [-0.05, 0) is 53.3 Å². The van der Waals surface area contributed by atoms with E-state index in [4.69, 9.17) is 27.9 Å². The fourth-order valence-electron chi connectivity index (χ4n) is 4.05. The van der Waals surface area contributed by atoms with Crippen molar-refractivity contribution in [3.63, 3.8) is 0 Å². The molecule has 0 radical (unpaired) electrons. The maximum absolute atomic E-state index is 13.1. The molecule has 1 aliphatic carbocycles. The number of rotatable bonds is 4. The van der Waals surface area contributed by atoms with Gasteiger partial charge in [-0.1, -0.05) is 55.3 Å². The van der Waals surface area contributed by atoms with Crippen molar-refractivity contribution in [1.29, 1.82) is 0 Å². The smallest absolute Gasteiger partial charge is 0.268 e. The first-order valence-electron chi connectivity index (χ1n) is 10.3. The Bertz CT molecular complexity index is 1250. The van der Waals surface area contributed by atoms with E-state index in [1.165, 1.54) is 27.8 Å². The largest absolute Gasteiger partial charge is 0.455 e. The minimum Gasteiger partial charge on any atom is -0.455 e. The minimum absolute atomic E-state index is 0.0487. The van der Waals surface area contributed by atoms with Gasteiger partial charge in [0.2, 0.25) is 11.8 Å². The average molecular weight is 467 g/mol. The van der Waals surface area contributed by atoms with Gasteiger partial charge in [0.05, 0.1) is 15.7 Å². The Morgan fingerprint density at radius 3 is 2.72 bits per heavy atom. The first-order chi connectivity index (χ1) is 15.4. The van der Waals surface area contributed by atoms with Gasteiger partial charge in [0, 0.05) is 11.9 Å². The van der Waals surface area contributed by atoms with Crippen LogP contribution in [0.25, 0.3) is 6.08 Å². The van der Waals surface area contributed by atoms with Crippen LogP contribution in [0.15, 0.2) is 42.6 Å². The van der Waals surface area contributed by atoms with Crippen LogP contribution >= 0.6 is 23.2 Å². The highest BCUT2D eigenvalue weighted by atomic mass is 35.5. The quantitative estimate of drug-likeness (QED) is 0.494. The molecule has 2 heterocycles. The van der Waals surface area contributed by atoms with Gasteiger partial charge < -0.3 is 10.1 Å². The number of fused-ring (bicyclic) bond motifs is 2. The highest BCUT2D eigenvalue weighted by Gasteiger charge is 2.31. The third-order valence-corrected chi connectivity index (χ3v) is 6.19. The highest BCUT2D eigenvalue weighted by Crippen LogP contribution is 2.37. The van der Waals surface area contributed by atoms with Crippen molar-refractivity contribution in [2.75, 3.05) is 16.9 Å². The van der Waals surface area contributed by atoms with E-state index >= 15 is 0 Å². The average Bonchev–Trinajstić information content (AvgIpc) is 3.23. The van der Waals surface area contributed by atoms with Gasteiger partial charge in [0.25, 0.3) is 5.91 Å². The molecule has 1 aliphatic heterocycles. The number of amides is 1. The summed E-state index contributed by atoms with van der Waals surface area (Å²) in [6, 6.07) is 9.28. The molecule has 1 aromatic heterocycles. The molecule has 0 atom stereocenters. The molecule has 0 unspecified atom stereocenters. The number of nitrogens with zero attached hydrogens (tertiary/aromatic N) is 3. The number of aromatic nitrogens is 2. The molecule has 0 saturated heterocycles. The first-order valence-corrected chi connectivity index (χ1v) is 11.0. The van der Waals surface area contributed by atoms with Crippen LogP contribution in [-0.4, -0.2) is 22.6 Å². The lowest BCUT2D eigenvalue weighted by Crippen LogP contribution is -2.39. The molecular formula is C24H20Cl2N4O2. The zero-order valence-corrected chi connectivity index (χ0v) is 19.0. The number of anilines is 3. The normalized spacial score (nSPS) is 14.4. The van der Waals surface area contributed by atoms with Crippen LogP contribution in [0.1, 0.15) is 46.8 Å². The molecule has 0 saturated carbocycles. The van der Waals surface area contributed by atoms with Gasteiger partial charge >= 0.3 is 0 Å². The van der Waals surface area contributed by atoms with Crippen molar-refractivity contribution < 1.29 is 9.53 Å². The van der Waals surface area contributed by atoms with Crippen LogP contribution < -0.4 is 15.0 Å². The number of nitrogens with one attached hydrogen (secondary N) is 1. The molecule has 3 aromatic rings. The van der Waals surface area contributed by atoms with E-state index < -0.39 is 0 Å². The second-order valence-corrected chi connectivity index (χ2v) is 8.82. The van der Waals surface area contributed by atoms with E-state index in [1.54, 1.807) is 18.2 Å². The number of hydrogen-bond acceptors (Lipinski definition) is 5. The molecule has 1 amide bonds. The van der Waals surface area contributed by atoms with Crippen molar-refractivity contribution in [1.82, 2.24) is 9.97 Å². The number of carbonyl (C=O) groups is 1. The minimum atomic E-state index is -0.322. The van der Waals surface area contributed by atoms with Crippen LogP contribution in [0.5, 0.6) is 5.88 Å². The van der Waals surface area contributed by atoms with E-state index in [0.717, 1.165) is 12.1 Å². The van der Waals surface area contributed by atoms with Crippen molar-refractivity contribution in [2.45, 2.75) is 26.2 Å². The van der Waals surface area contributed by atoms with Gasteiger partial charge in [0.15, 0.2) is 6.73 Å². The predicted octanol–water partition coefficient (Wildman–Crippen LogP) is 6.22. The second kappa shape index (κ2) is 8.11. The first kappa shape index (κ1) is 20.8. The monoisotopic (exact) mass is 466 g/mol.